The van der Waals surface area contributed by atoms with E-state index in [1.54, 1.807) is 0 Å². The third-order valence-corrected chi connectivity index (χ3v) is 3.34. The molecule has 0 spiro atoms. The molecular formula is C16H18ClNO. The summed E-state index contributed by atoms with van der Waals surface area (Å²) in [6, 6.07) is 13.8. The standard InChI is InChI=1S/C16H18ClNO/c1-11-6-7-14(16(17)8-11)10-19-15-5-3-4-13(9-15)12(2)18/h3-9,12H,10,18H2,1-2H3/t12-/m1/s1. The van der Waals surface area contributed by atoms with Crippen molar-refractivity contribution in [3.63, 3.8) is 0 Å². The van der Waals surface area contributed by atoms with E-state index in [1.807, 2.05) is 56.3 Å². The zero-order chi connectivity index (χ0) is 13.8. The number of ether oxygens (including phenoxy) is 1. The SMILES string of the molecule is Cc1ccc(COc2cccc([C@@H](C)N)c2)c(Cl)c1. The largest absolute Gasteiger partial charge is 0.489 e. The highest BCUT2D eigenvalue weighted by Crippen LogP contribution is 2.22. The van der Waals surface area contributed by atoms with Gasteiger partial charge in [-0.2, -0.15) is 0 Å². The van der Waals surface area contributed by atoms with E-state index in [9.17, 15) is 0 Å². The minimum atomic E-state index is 0.00603. The van der Waals surface area contributed by atoms with E-state index in [-0.39, 0.29) is 6.04 Å². The number of rotatable bonds is 4. The van der Waals surface area contributed by atoms with Crippen LogP contribution in [0, 0.1) is 6.92 Å². The first-order valence-corrected chi connectivity index (χ1v) is 6.67. The molecule has 2 aromatic carbocycles. The van der Waals surface area contributed by atoms with Crippen molar-refractivity contribution in [3.8, 4) is 5.75 Å². The average molecular weight is 276 g/mol. The molecule has 0 amide bonds. The highest BCUT2D eigenvalue weighted by atomic mass is 35.5. The van der Waals surface area contributed by atoms with Gasteiger partial charge in [-0.05, 0) is 43.2 Å². The molecule has 0 saturated carbocycles. The molecule has 0 fully saturated rings. The summed E-state index contributed by atoms with van der Waals surface area (Å²) in [5, 5.41) is 0.739. The molecule has 0 unspecified atom stereocenters. The first kappa shape index (κ1) is 13.9. The van der Waals surface area contributed by atoms with Crippen LogP contribution in [0.5, 0.6) is 5.75 Å². The summed E-state index contributed by atoms with van der Waals surface area (Å²) in [5.74, 6) is 0.812. The fourth-order valence-electron chi connectivity index (χ4n) is 1.82. The lowest BCUT2D eigenvalue weighted by atomic mass is 10.1. The molecule has 0 saturated heterocycles. The van der Waals surface area contributed by atoms with Crippen LogP contribution in [0.15, 0.2) is 42.5 Å². The van der Waals surface area contributed by atoms with Crippen LogP contribution >= 0.6 is 11.6 Å². The Morgan fingerprint density at radius 1 is 1.21 bits per heavy atom. The summed E-state index contributed by atoms with van der Waals surface area (Å²) >= 11 is 6.18. The van der Waals surface area contributed by atoms with Crippen LogP contribution in [-0.2, 0) is 6.61 Å². The number of benzene rings is 2. The van der Waals surface area contributed by atoms with Gasteiger partial charge in [0.2, 0.25) is 0 Å². The molecule has 19 heavy (non-hydrogen) atoms. The van der Waals surface area contributed by atoms with Crippen LogP contribution in [0.2, 0.25) is 5.02 Å². The van der Waals surface area contributed by atoms with Crippen LogP contribution < -0.4 is 10.5 Å². The van der Waals surface area contributed by atoms with Crippen molar-refractivity contribution in [2.24, 2.45) is 5.73 Å². The quantitative estimate of drug-likeness (QED) is 0.905. The fraction of sp³-hybridized carbons (Fsp3) is 0.250. The second kappa shape index (κ2) is 6.09. The monoisotopic (exact) mass is 275 g/mol. The zero-order valence-corrected chi connectivity index (χ0v) is 11.9. The van der Waals surface area contributed by atoms with Crippen LogP contribution in [0.1, 0.15) is 29.7 Å². The van der Waals surface area contributed by atoms with E-state index in [1.165, 1.54) is 0 Å². The maximum Gasteiger partial charge on any atom is 0.120 e. The second-order valence-corrected chi connectivity index (χ2v) is 5.15. The van der Waals surface area contributed by atoms with Crippen molar-refractivity contribution in [1.29, 1.82) is 0 Å². The van der Waals surface area contributed by atoms with Crippen molar-refractivity contribution in [2.75, 3.05) is 0 Å². The van der Waals surface area contributed by atoms with E-state index >= 15 is 0 Å². The highest BCUT2D eigenvalue weighted by Gasteiger charge is 2.04. The number of aryl methyl sites for hydroxylation is 1. The molecule has 0 aliphatic carbocycles. The van der Waals surface area contributed by atoms with Gasteiger partial charge in [0.1, 0.15) is 12.4 Å². The molecule has 0 aliphatic rings. The molecule has 0 aromatic heterocycles. The van der Waals surface area contributed by atoms with Crippen molar-refractivity contribution in [1.82, 2.24) is 0 Å². The van der Waals surface area contributed by atoms with E-state index < -0.39 is 0 Å². The second-order valence-electron chi connectivity index (χ2n) is 4.74. The summed E-state index contributed by atoms with van der Waals surface area (Å²) in [6.45, 7) is 4.43. The Hall–Kier alpha value is -1.51. The normalized spacial score (nSPS) is 12.2. The number of halogens is 1. The topological polar surface area (TPSA) is 35.2 Å². The predicted octanol–water partition coefficient (Wildman–Crippen LogP) is 4.25. The van der Waals surface area contributed by atoms with Gasteiger partial charge < -0.3 is 10.5 Å². The lowest BCUT2D eigenvalue weighted by molar-refractivity contribution is 0.306. The molecule has 2 aromatic rings. The van der Waals surface area contributed by atoms with E-state index in [0.29, 0.717) is 6.61 Å². The van der Waals surface area contributed by atoms with Crippen LogP contribution in [0.3, 0.4) is 0 Å². The van der Waals surface area contributed by atoms with Crippen molar-refractivity contribution < 1.29 is 4.74 Å². The van der Waals surface area contributed by atoms with Gasteiger partial charge in [-0.15, -0.1) is 0 Å². The molecule has 0 heterocycles. The molecule has 2 N–H and O–H groups in total. The molecule has 0 radical (unpaired) electrons. The third-order valence-electron chi connectivity index (χ3n) is 2.99. The van der Waals surface area contributed by atoms with Gasteiger partial charge >= 0.3 is 0 Å². The van der Waals surface area contributed by atoms with Gasteiger partial charge in [-0.1, -0.05) is 35.9 Å². The summed E-state index contributed by atoms with van der Waals surface area (Å²) in [5.41, 5.74) is 9.05. The fourth-order valence-corrected chi connectivity index (χ4v) is 2.11. The lowest BCUT2D eigenvalue weighted by Gasteiger charge is -2.11. The summed E-state index contributed by atoms with van der Waals surface area (Å²) < 4.78 is 5.76. The van der Waals surface area contributed by atoms with Crippen molar-refractivity contribution in [2.45, 2.75) is 26.5 Å². The minimum absolute atomic E-state index is 0.00603. The Kier molecular flexibility index (Phi) is 4.46. The summed E-state index contributed by atoms with van der Waals surface area (Å²) in [4.78, 5) is 0. The van der Waals surface area contributed by atoms with Crippen molar-refractivity contribution in [3.05, 3.63) is 64.2 Å². The Labute approximate surface area is 119 Å². The molecule has 3 heteroatoms. The molecule has 0 bridgehead atoms. The minimum Gasteiger partial charge on any atom is -0.489 e. The molecule has 0 aliphatic heterocycles. The summed E-state index contributed by atoms with van der Waals surface area (Å²) in [7, 11) is 0. The third kappa shape index (κ3) is 3.72. The number of nitrogens with two attached hydrogens (primary N) is 1. The Balaban J connectivity index is 2.08. The number of hydrogen-bond donors (Lipinski definition) is 1. The maximum absolute atomic E-state index is 6.18. The van der Waals surface area contributed by atoms with Gasteiger partial charge in [0.05, 0.1) is 0 Å². The summed E-state index contributed by atoms with van der Waals surface area (Å²) in [6.07, 6.45) is 0. The Morgan fingerprint density at radius 2 is 2.00 bits per heavy atom. The van der Waals surface area contributed by atoms with E-state index in [4.69, 9.17) is 22.1 Å². The Morgan fingerprint density at radius 3 is 2.68 bits per heavy atom. The first-order valence-electron chi connectivity index (χ1n) is 6.29. The van der Waals surface area contributed by atoms with Gasteiger partial charge in [0, 0.05) is 16.6 Å². The smallest absolute Gasteiger partial charge is 0.120 e. The average Bonchev–Trinajstić information content (AvgIpc) is 2.38. The molecule has 2 nitrogen and oxygen atoms in total. The van der Waals surface area contributed by atoms with Gasteiger partial charge in [0.25, 0.3) is 0 Å². The zero-order valence-electron chi connectivity index (χ0n) is 11.2. The lowest BCUT2D eigenvalue weighted by Crippen LogP contribution is -2.05. The molecule has 100 valence electrons. The highest BCUT2D eigenvalue weighted by molar-refractivity contribution is 6.31. The van der Waals surface area contributed by atoms with Gasteiger partial charge in [-0.25, -0.2) is 0 Å². The van der Waals surface area contributed by atoms with Gasteiger partial charge in [0.15, 0.2) is 0 Å². The van der Waals surface area contributed by atoms with Crippen LogP contribution in [-0.4, -0.2) is 0 Å². The molecule has 1 atom stereocenters. The predicted molar refractivity (Wildman–Crippen MR) is 79.6 cm³/mol. The van der Waals surface area contributed by atoms with Crippen LogP contribution in [0.25, 0.3) is 0 Å². The Bertz CT molecular complexity index is 566. The van der Waals surface area contributed by atoms with Gasteiger partial charge in [-0.3, -0.25) is 0 Å². The maximum atomic E-state index is 6.18. The first-order chi connectivity index (χ1) is 9.06. The molecular weight excluding hydrogens is 258 g/mol. The number of hydrogen-bond acceptors (Lipinski definition) is 2. The molecule has 2 rings (SSSR count). The van der Waals surface area contributed by atoms with Crippen molar-refractivity contribution >= 4 is 11.6 Å². The van der Waals surface area contributed by atoms with E-state index in [0.717, 1.165) is 27.5 Å². The van der Waals surface area contributed by atoms with Crippen LogP contribution in [0.4, 0.5) is 0 Å². The van der Waals surface area contributed by atoms with E-state index in [2.05, 4.69) is 0 Å².